The highest BCUT2D eigenvalue weighted by molar-refractivity contribution is 7.18. The molecule has 0 fully saturated rings. The average Bonchev–Trinajstić information content (AvgIpc) is 3.08. The topological polar surface area (TPSA) is 93.9 Å². The zero-order valence-corrected chi connectivity index (χ0v) is 14.2. The summed E-state index contributed by atoms with van der Waals surface area (Å²) in [5.74, 6) is -0.565. The molecule has 4 rings (SSSR count). The van der Waals surface area contributed by atoms with Gasteiger partial charge in [-0.05, 0) is 24.6 Å². The normalized spacial score (nSPS) is 19.6. The fourth-order valence-corrected chi connectivity index (χ4v) is 4.43. The minimum absolute atomic E-state index is 0.102. The molecule has 0 saturated heterocycles. The number of hydrogen-bond donors (Lipinski definition) is 3. The van der Waals surface area contributed by atoms with E-state index in [1.165, 1.54) is 22.3 Å². The van der Waals surface area contributed by atoms with Gasteiger partial charge < -0.3 is 15.3 Å². The lowest BCUT2D eigenvalue weighted by Crippen LogP contribution is -2.44. The monoisotopic (exact) mass is 356 g/mol. The van der Waals surface area contributed by atoms with Crippen LogP contribution in [-0.4, -0.2) is 39.5 Å². The second kappa shape index (κ2) is 5.52. The number of aromatic nitrogens is 1. The molecule has 1 unspecified atom stereocenters. The Morgan fingerprint density at radius 2 is 1.96 bits per heavy atom. The van der Waals surface area contributed by atoms with E-state index in [1.807, 2.05) is 6.92 Å². The minimum Gasteiger partial charge on any atom is -0.508 e. The van der Waals surface area contributed by atoms with Gasteiger partial charge in [0, 0.05) is 11.6 Å². The highest BCUT2D eigenvalue weighted by atomic mass is 32.1. The van der Waals surface area contributed by atoms with Crippen molar-refractivity contribution in [3.63, 3.8) is 0 Å². The van der Waals surface area contributed by atoms with Gasteiger partial charge in [0.2, 0.25) is 5.91 Å². The zero-order valence-electron chi connectivity index (χ0n) is 13.4. The van der Waals surface area contributed by atoms with E-state index in [9.17, 15) is 20.1 Å². The summed E-state index contributed by atoms with van der Waals surface area (Å²) in [4.78, 5) is 18.7. The number of aliphatic hydroxyl groups excluding tert-OH is 2. The van der Waals surface area contributed by atoms with E-state index in [0.717, 1.165) is 9.71 Å². The third kappa shape index (κ3) is 2.03. The predicted molar refractivity (Wildman–Crippen MR) is 94.9 cm³/mol. The Labute approximate surface area is 147 Å². The number of thiazole rings is 1. The molecular formula is C18H16N2O4S. The van der Waals surface area contributed by atoms with Crippen molar-refractivity contribution < 1.29 is 20.1 Å². The molecule has 7 heteroatoms. The Bertz CT molecular complexity index is 1000. The van der Waals surface area contributed by atoms with Crippen molar-refractivity contribution in [2.45, 2.75) is 12.3 Å². The first-order valence-electron chi connectivity index (χ1n) is 7.76. The number of fused-ring (bicyclic) bond motifs is 2. The van der Waals surface area contributed by atoms with E-state index in [2.05, 4.69) is 4.98 Å². The van der Waals surface area contributed by atoms with Crippen molar-refractivity contribution in [3.05, 3.63) is 52.5 Å². The molecule has 1 aliphatic heterocycles. The quantitative estimate of drug-likeness (QED) is 0.666. The number of carbonyl (C=O) groups is 1. The number of rotatable bonds is 3. The van der Waals surface area contributed by atoms with Crippen LogP contribution >= 0.6 is 11.3 Å². The largest absolute Gasteiger partial charge is 0.508 e. The average molecular weight is 356 g/mol. The van der Waals surface area contributed by atoms with E-state index < -0.39 is 24.7 Å². The summed E-state index contributed by atoms with van der Waals surface area (Å²) in [5, 5.41) is 31.3. The second-order valence-electron chi connectivity index (χ2n) is 6.03. The minimum atomic E-state index is -1.45. The molecule has 0 aliphatic carbocycles. The number of phenolic OH excluding ortho intramolecular Hbond substituents is 1. The van der Waals surface area contributed by atoms with Crippen LogP contribution in [0.5, 0.6) is 5.75 Å². The van der Waals surface area contributed by atoms with Gasteiger partial charge in [-0.2, -0.15) is 0 Å². The maximum Gasteiger partial charge on any atom is 0.246 e. The first-order chi connectivity index (χ1) is 12.0. The van der Waals surface area contributed by atoms with E-state index in [0.29, 0.717) is 22.3 Å². The molecule has 3 aromatic rings. The number of carbonyl (C=O) groups excluding carboxylic acids is 1. The molecule has 1 atom stereocenters. The first-order valence-corrected chi connectivity index (χ1v) is 8.58. The van der Waals surface area contributed by atoms with Crippen LogP contribution in [-0.2, 0) is 10.2 Å². The number of amides is 1. The number of aromatic hydroxyl groups is 1. The van der Waals surface area contributed by atoms with Crippen molar-refractivity contribution >= 4 is 33.1 Å². The van der Waals surface area contributed by atoms with Gasteiger partial charge >= 0.3 is 0 Å². The molecule has 0 bridgehead atoms. The standard InChI is InChI=1S/C18H16N2O4S/c1-10-19-13-7-15(23)12(6-16(13)25-10)18(8-21)11-4-2-3-5-14(11)20(9-22)17(18)24/h2-7,21-23H,8-9H2,1H3. The summed E-state index contributed by atoms with van der Waals surface area (Å²) >= 11 is 1.45. The smallest absolute Gasteiger partial charge is 0.246 e. The summed E-state index contributed by atoms with van der Waals surface area (Å²) in [6, 6.07) is 10.2. The number of nitrogens with zero attached hydrogens (tertiary/aromatic N) is 2. The van der Waals surface area contributed by atoms with Gasteiger partial charge in [-0.1, -0.05) is 18.2 Å². The predicted octanol–water partition coefficient (Wildman–Crippen LogP) is 1.89. The van der Waals surface area contributed by atoms with Gasteiger partial charge in [-0.15, -0.1) is 11.3 Å². The van der Waals surface area contributed by atoms with Gasteiger partial charge in [0.25, 0.3) is 0 Å². The molecule has 0 saturated carbocycles. The molecular weight excluding hydrogens is 340 g/mol. The number of hydrogen-bond acceptors (Lipinski definition) is 6. The van der Waals surface area contributed by atoms with Gasteiger partial charge in [-0.25, -0.2) is 4.98 Å². The Hall–Kier alpha value is -2.48. The third-order valence-electron chi connectivity index (χ3n) is 4.72. The van der Waals surface area contributed by atoms with Crippen molar-refractivity contribution in [1.82, 2.24) is 4.98 Å². The van der Waals surface area contributed by atoms with E-state index in [-0.39, 0.29) is 5.75 Å². The SMILES string of the molecule is Cc1nc2cc(O)c(C3(CO)C(=O)N(CO)c4ccccc43)cc2s1. The number of aliphatic hydroxyl groups is 2. The fourth-order valence-electron chi connectivity index (χ4n) is 3.58. The molecule has 2 aromatic carbocycles. The molecule has 2 heterocycles. The zero-order chi connectivity index (χ0) is 17.8. The maximum absolute atomic E-state index is 13.1. The lowest BCUT2D eigenvalue weighted by atomic mass is 9.75. The summed E-state index contributed by atoms with van der Waals surface area (Å²) in [5.41, 5.74) is 0.612. The summed E-state index contributed by atoms with van der Waals surface area (Å²) in [6.45, 7) is 0.850. The lowest BCUT2D eigenvalue weighted by Gasteiger charge is -2.27. The van der Waals surface area contributed by atoms with Gasteiger partial charge in [0.15, 0.2) is 0 Å². The van der Waals surface area contributed by atoms with Crippen molar-refractivity contribution in [3.8, 4) is 5.75 Å². The molecule has 0 radical (unpaired) electrons. The highest BCUT2D eigenvalue weighted by Gasteiger charge is 2.53. The highest BCUT2D eigenvalue weighted by Crippen LogP contribution is 2.49. The van der Waals surface area contributed by atoms with Crippen molar-refractivity contribution in [2.24, 2.45) is 0 Å². The van der Waals surface area contributed by atoms with Crippen LogP contribution in [0, 0.1) is 6.92 Å². The summed E-state index contributed by atoms with van der Waals surface area (Å²) < 4.78 is 0.825. The van der Waals surface area contributed by atoms with E-state index in [4.69, 9.17) is 0 Å². The van der Waals surface area contributed by atoms with E-state index >= 15 is 0 Å². The van der Waals surface area contributed by atoms with Crippen LogP contribution in [0.4, 0.5) is 5.69 Å². The molecule has 1 aliphatic rings. The van der Waals surface area contributed by atoms with Crippen molar-refractivity contribution in [2.75, 3.05) is 18.2 Å². The Balaban J connectivity index is 2.04. The second-order valence-corrected chi connectivity index (χ2v) is 7.26. The van der Waals surface area contributed by atoms with Crippen LogP contribution < -0.4 is 4.90 Å². The molecule has 1 amide bonds. The molecule has 25 heavy (non-hydrogen) atoms. The third-order valence-corrected chi connectivity index (χ3v) is 5.65. The lowest BCUT2D eigenvalue weighted by molar-refractivity contribution is -0.123. The Morgan fingerprint density at radius 1 is 1.20 bits per heavy atom. The summed E-state index contributed by atoms with van der Waals surface area (Å²) in [7, 11) is 0. The Kier molecular flexibility index (Phi) is 3.54. The van der Waals surface area contributed by atoms with Crippen LogP contribution in [0.2, 0.25) is 0 Å². The molecule has 1 aromatic heterocycles. The number of phenols is 1. The van der Waals surface area contributed by atoms with Crippen LogP contribution in [0.25, 0.3) is 10.2 Å². The number of anilines is 1. The molecule has 0 spiro atoms. The number of benzene rings is 2. The molecule has 6 nitrogen and oxygen atoms in total. The van der Waals surface area contributed by atoms with Gasteiger partial charge in [-0.3, -0.25) is 9.69 Å². The van der Waals surface area contributed by atoms with Crippen molar-refractivity contribution in [1.29, 1.82) is 0 Å². The maximum atomic E-state index is 13.1. The van der Waals surface area contributed by atoms with Gasteiger partial charge in [0.05, 0.1) is 27.5 Å². The number of para-hydroxylation sites is 1. The first kappa shape index (κ1) is 16.0. The molecule has 3 N–H and O–H groups in total. The number of aryl methyl sites for hydroxylation is 1. The van der Waals surface area contributed by atoms with Crippen LogP contribution in [0.15, 0.2) is 36.4 Å². The molecule has 128 valence electrons. The summed E-state index contributed by atoms with van der Waals surface area (Å²) in [6.07, 6.45) is 0. The van der Waals surface area contributed by atoms with E-state index in [1.54, 1.807) is 30.3 Å². The Morgan fingerprint density at radius 3 is 2.68 bits per heavy atom. The van der Waals surface area contributed by atoms with Gasteiger partial charge in [0.1, 0.15) is 17.9 Å². The van der Waals surface area contributed by atoms with Crippen LogP contribution in [0.3, 0.4) is 0 Å². The fraction of sp³-hybridized carbons (Fsp3) is 0.222. The van der Waals surface area contributed by atoms with Crippen LogP contribution in [0.1, 0.15) is 16.1 Å².